The van der Waals surface area contributed by atoms with Crippen molar-refractivity contribution in [3.8, 4) is 5.69 Å². The number of aryl methyl sites for hydroxylation is 1. The first-order valence-electron chi connectivity index (χ1n) is 6.37. The molecule has 1 aromatic heterocycles. The lowest BCUT2D eigenvalue weighted by Gasteiger charge is -1.99. The first-order valence-corrected chi connectivity index (χ1v) is 6.37. The van der Waals surface area contributed by atoms with Crippen LogP contribution >= 0.6 is 0 Å². The number of hydrogen-bond donors (Lipinski definition) is 2. The van der Waals surface area contributed by atoms with Gasteiger partial charge < -0.3 is 5.43 Å². The fraction of sp³-hybridized carbons (Fsp3) is 0.286. The van der Waals surface area contributed by atoms with Crippen molar-refractivity contribution < 1.29 is 0 Å². The predicted octanol–water partition coefficient (Wildman–Crippen LogP) is 1.81. The Bertz CT molecular complexity index is 610. The standard InChI is InChI=1S/C14H18N4O/c1-3-9-15-16-10-13-11(2)17-18(14(13)19)12-7-5-4-6-8-12/h4-8,10,15,17H,3,9H2,1-2H3. The number of nitrogens with zero attached hydrogens (tertiary/aromatic N) is 2. The Morgan fingerprint density at radius 2 is 2.11 bits per heavy atom. The van der Waals surface area contributed by atoms with E-state index in [4.69, 9.17) is 0 Å². The maximum atomic E-state index is 12.3. The SMILES string of the molecule is CCCNN=Cc1c(C)[nH]n(-c2ccccc2)c1=O. The highest BCUT2D eigenvalue weighted by Gasteiger charge is 2.09. The van der Waals surface area contributed by atoms with E-state index in [1.165, 1.54) is 4.68 Å². The van der Waals surface area contributed by atoms with Crippen molar-refractivity contribution in [2.75, 3.05) is 6.54 Å². The molecule has 0 aliphatic carbocycles. The van der Waals surface area contributed by atoms with E-state index in [9.17, 15) is 4.79 Å². The van der Waals surface area contributed by atoms with Gasteiger partial charge in [0.2, 0.25) is 0 Å². The van der Waals surface area contributed by atoms with E-state index in [1.54, 1.807) is 6.21 Å². The number of aromatic amines is 1. The second-order valence-corrected chi connectivity index (χ2v) is 4.29. The fourth-order valence-corrected chi connectivity index (χ4v) is 1.76. The topological polar surface area (TPSA) is 62.2 Å². The van der Waals surface area contributed by atoms with Crippen molar-refractivity contribution in [2.24, 2.45) is 5.10 Å². The molecule has 0 spiro atoms. The molecule has 0 amide bonds. The lowest BCUT2D eigenvalue weighted by Crippen LogP contribution is -2.17. The van der Waals surface area contributed by atoms with Gasteiger partial charge in [-0.1, -0.05) is 25.1 Å². The molecular formula is C14H18N4O. The Morgan fingerprint density at radius 3 is 2.79 bits per heavy atom. The Hall–Kier alpha value is -2.30. The van der Waals surface area contributed by atoms with Crippen LogP contribution in [0.3, 0.4) is 0 Å². The second-order valence-electron chi connectivity index (χ2n) is 4.29. The number of hydrogen-bond acceptors (Lipinski definition) is 3. The summed E-state index contributed by atoms with van der Waals surface area (Å²) in [4.78, 5) is 12.3. The normalized spacial score (nSPS) is 11.1. The molecule has 0 aliphatic heterocycles. The van der Waals surface area contributed by atoms with Crippen LogP contribution in [0.2, 0.25) is 0 Å². The summed E-state index contributed by atoms with van der Waals surface area (Å²) in [6, 6.07) is 9.48. The largest absolute Gasteiger partial charge is 0.310 e. The molecular weight excluding hydrogens is 240 g/mol. The molecule has 0 fully saturated rings. The first-order chi connectivity index (χ1) is 9.24. The molecule has 0 unspecified atom stereocenters. The van der Waals surface area contributed by atoms with E-state index < -0.39 is 0 Å². The number of benzene rings is 1. The average Bonchev–Trinajstić information content (AvgIpc) is 2.72. The van der Waals surface area contributed by atoms with Gasteiger partial charge in [0, 0.05) is 12.2 Å². The summed E-state index contributed by atoms with van der Waals surface area (Å²) < 4.78 is 1.52. The molecule has 19 heavy (non-hydrogen) atoms. The zero-order valence-corrected chi connectivity index (χ0v) is 11.2. The lowest BCUT2D eigenvalue weighted by molar-refractivity contribution is 0.719. The highest BCUT2D eigenvalue weighted by molar-refractivity contribution is 5.80. The zero-order valence-electron chi connectivity index (χ0n) is 11.2. The van der Waals surface area contributed by atoms with Gasteiger partial charge in [0.1, 0.15) is 0 Å². The maximum absolute atomic E-state index is 12.3. The third-order valence-electron chi connectivity index (χ3n) is 2.78. The number of para-hydroxylation sites is 1. The van der Waals surface area contributed by atoms with Crippen molar-refractivity contribution in [2.45, 2.75) is 20.3 Å². The van der Waals surface area contributed by atoms with Gasteiger partial charge >= 0.3 is 0 Å². The molecule has 100 valence electrons. The number of nitrogens with one attached hydrogen (secondary N) is 2. The Morgan fingerprint density at radius 1 is 1.37 bits per heavy atom. The molecule has 0 saturated carbocycles. The third-order valence-corrected chi connectivity index (χ3v) is 2.78. The Balaban J connectivity index is 2.30. The molecule has 1 heterocycles. The Labute approximate surface area is 111 Å². The Kier molecular flexibility index (Phi) is 4.18. The quantitative estimate of drug-likeness (QED) is 0.488. The van der Waals surface area contributed by atoms with Gasteiger partial charge in [-0.15, -0.1) is 0 Å². The summed E-state index contributed by atoms with van der Waals surface area (Å²) in [5.41, 5.74) is 5.00. The monoisotopic (exact) mass is 258 g/mol. The second kappa shape index (κ2) is 6.04. The van der Waals surface area contributed by atoms with E-state index in [0.717, 1.165) is 24.3 Å². The van der Waals surface area contributed by atoms with Gasteiger partial charge in [-0.2, -0.15) is 5.10 Å². The number of H-pyrrole nitrogens is 1. The molecule has 0 aliphatic rings. The highest BCUT2D eigenvalue weighted by atomic mass is 16.1. The molecule has 0 bridgehead atoms. The van der Waals surface area contributed by atoms with Crippen molar-refractivity contribution in [3.05, 3.63) is 51.9 Å². The van der Waals surface area contributed by atoms with Gasteiger partial charge in [0.05, 0.1) is 17.5 Å². The van der Waals surface area contributed by atoms with Crippen LogP contribution in [-0.2, 0) is 0 Å². The van der Waals surface area contributed by atoms with E-state index >= 15 is 0 Å². The van der Waals surface area contributed by atoms with Crippen LogP contribution in [0.4, 0.5) is 0 Å². The molecule has 2 aromatic rings. The van der Waals surface area contributed by atoms with E-state index in [1.807, 2.05) is 37.3 Å². The van der Waals surface area contributed by atoms with Crippen LogP contribution in [-0.4, -0.2) is 22.5 Å². The van der Waals surface area contributed by atoms with Crippen LogP contribution in [0.1, 0.15) is 24.6 Å². The van der Waals surface area contributed by atoms with E-state index in [-0.39, 0.29) is 5.56 Å². The molecule has 2 rings (SSSR count). The summed E-state index contributed by atoms with van der Waals surface area (Å²) in [5, 5.41) is 7.11. The average molecular weight is 258 g/mol. The van der Waals surface area contributed by atoms with Crippen LogP contribution in [0.25, 0.3) is 5.69 Å². The highest BCUT2D eigenvalue weighted by Crippen LogP contribution is 2.05. The van der Waals surface area contributed by atoms with Crippen LogP contribution in [0, 0.1) is 6.92 Å². The van der Waals surface area contributed by atoms with Crippen LogP contribution in [0.15, 0.2) is 40.2 Å². The fourth-order valence-electron chi connectivity index (χ4n) is 1.76. The minimum Gasteiger partial charge on any atom is -0.310 e. The number of aromatic nitrogens is 2. The van der Waals surface area contributed by atoms with Crippen molar-refractivity contribution in [1.29, 1.82) is 0 Å². The summed E-state index contributed by atoms with van der Waals surface area (Å²) in [7, 11) is 0. The van der Waals surface area contributed by atoms with Gasteiger partial charge in [-0.05, 0) is 25.5 Å². The summed E-state index contributed by atoms with van der Waals surface area (Å²) in [6.07, 6.45) is 2.57. The summed E-state index contributed by atoms with van der Waals surface area (Å²) >= 11 is 0. The van der Waals surface area contributed by atoms with Gasteiger partial charge in [-0.25, -0.2) is 4.68 Å². The maximum Gasteiger partial charge on any atom is 0.280 e. The lowest BCUT2D eigenvalue weighted by atomic mass is 10.3. The van der Waals surface area contributed by atoms with Crippen LogP contribution < -0.4 is 11.0 Å². The van der Waals surface area contributed by atoms with Gasteiger partial charge in [0.15, 0.2) is 0 Å². The third kappa shape index (κ3) is 2.93. The molecule has 5 nitrogen and oxygen atoms in total. The van der Waals surface area contributed by atoms with E-state index in [0.29, 0.717) is 5.56 Å². The predicted molar refractivity (Wildman–Crippen MR) is 77.0 cm³/mol. The molecule has 0 radical (unpaired) electrons. The zero-order chi connectivity index (χ0) is 13.7. The summed E-state index contributed by atoms with van der Waals surface area (Å²) in [6.45, 7) is 4.72. The molecule has 2 N–H and O–H groups in total. The molecule has 0 atom stereocenters. The smallest absolute Gasteiger partial charge is 0.280 e. The molecule has 0 saturated heterocycles. The van der Waals surface area contributed by atoms with Gasteiger partial charge in [-0.3, -0.25) is 9.89 Å². The van der Waals surface area contributed by atoms with E-state index in [2.05, 4.69) is 22.5 Å². The minimum atomic E-state index is -0.0919. The van der Waals surface area contributed by atoms with Crippen molar-refractivity contribution >= 4 is 6.21 Å². The minimum absolute atomic E-state index is 0.0919. The molecule has 5 heteroatoms. The number of rotatable bonds is 5. The first kappa shape index (κ1) is 13.1. The van der Waals surface area contributed by atoms with Crippen molar-refractivity contribution in [3.63, 3.8) is 0 Å². The van der Waals surface area contributed by atoms with Crippen molar-refractivity contribution in [1.82, 2.24) is 15.2 Å². The summed E-state index contributed by atoms with van der Waals surface area (Å²) in [5.74, 6) is 0. The molecule has 1 aromatic carbocycles. The van der Waals surface area contributed by atoms with Gasteiger partial charge in [0.25, 0.3) is 5.56 Å². The van der Waals surface area contributed by atoms with Crippen LogP contribution in [0.5, 0.6) is 0 Å². The number of hydrazone groups is 1.